The molecule has 0 aliphatic carbocycles. The molecule has 0 heterocycles. The lowest BCUT2D eigenvalue weighted by molar-refractivity contribution is -0.0930. The molecule has 1 N–H and O–H groups in total. The van der Waals surface area contributed by atoms with Gasteiger partial charge < -0.3 is 19.3 Å². The molecule has 4 rings (SSSR count). The van der Waals surface area contributed by atoms with Gasteiger partial charge in [-0.15, -0.1) is 0 Å². The van der Waals surface area contributed by atoms with Gasteiger partial charge in [-0.1, -0.05) is 78.3 Å². The summed E-state index contributed by atoms with van der Waals surface area (Å²) in [5.74, 6) is 0.00513. The molecule has 6 heteroatoms. The second-order valence-corrected chi connectivity index (χ2v) is 7.94. The molecule has 0 saturated carbocycles. The van der Waals surface area contributed by atoms with Gasteiger partial charge in [0, 0.05) is 10.6 Å². The van der Waals surface area contributed by atoms with Gasteiger partial charge in [0.1, 0.15) is 18.1 Å². The Kier molecular flexibility index (Phi) is 7.81. The maximum atomic E-state index is 11.4. The van der Waals surface area contributed by atoms with Crippen molar-refractivity contribution in [3.63, 3.8) is 0 Å². The summed E-state index contributed by atoms with van der Waals surface area (Å²) in [6.07, 6.45) is -0.819. The fourth-order valence-electron chi connectivity index (χ4n) is 3.30. The number of hydrogen-bond donors (Lipinski definition) is 1. The predicted octanol–water partition coefficient (Wildman–Crippen LogP) is 6.91. The number of carbonyl (C=O) groups is 1. The summed E-state index contributed by atoms with van der Waals surface area (Å²) in [5.41, 5.74) is 2.72. The van der Waals surface area contributed by atoms with E-state index in [0.29, 0.717) is 23.1 Å². The molecule has 0 aliphatic rings. The summed E-state index contributed by atoms with van der Waals surface area (Å²) >= 11 is 6.29. The zero-order valence-corrected chi connectivity index (χ0v) is 19.0. The molecule has 0 bridgehead atoms. The predicted molar refractivity (Wildman–Crippen MR) is 130 cm³/mol. The summed E-state index contributed by atoms with van der Waals surface area (Å²) < 4.78 is 18.1. The Morgan fingerprint density at radius 3 is 2.32 bits per heavy atom. The second kappa shape index (κ2) is 11.4. The van der Waals surface area contributed by atoms with Gasteiger partial charge in [-0.25, -0.2) is 4.79 Å². The zero-order valence-electron chi connectivity index (χ0n) is 18.3. The van der Waals surface area contributed by atoms with Crippen LogP contribution in [0, 0.1) is 0 Å². The maximum Gasteiger partial charge on any atom is 0.335 e. The summed E-state index contributed by atoms with van der Waals surface area (Å²) in [7, 11) is 0. The van der Waals surface area contributed by atoms with Gasteiger partial charge in [0.25, 0.3) is 0 Å². The van der Waals surface area contributed by atoms with Crippen molar-refractivity contribution in [1.82, 2.24) is 0 Å². The number of rotatable bonds is 10. The fraction of sp³-hybridized carbons (Fsp3) is 0.107. The largest absolute Gasteiger partial charge is 0.489 e. The van der Waals surface area contributed by atoms with Crippen LogP contribution >= 0.6 is 11.6 Å². The van der Waals surface area contributed by atoms with Crippen LogP contribution in [0.15, 0.2) is 103 Å². The third kappa shape index (κ3) is 6.38. The summed E-state index contributed by atoms with van der Waals surface area (Å²) in [6.45, 7) is 0.634. The van der Waals surface area contributed by atoms with Crippen LogP contribution in [0.25, 0.3) is 0 Å². The van der Waals surface area contributed by atoms with E-state index in [1.54, 1.807) is 18.2 Å². The van der Waals surface area contributed by atoms with Crippen LogP contribution in [0.2, 0.25) is 5.02 Å². The molecule has 4 aromatic rings. The summed E-state index contributed by atoms with van der Waals surface area (Å²) in [5, 5.41) is 9.91. The number of benzene rings is 4. The first-order chi connectivity index (χ1) is 16.6. The highest BCUT2D eigenvalue weighted by Gasteiger charge is 2.17. The average Bonchev–Trinajstić information content (AvgIpc) is 2.87. The van der Waals surface area contributed by atoms with Crippen molar-refractivity contribution in [2.24, 2.45) is 0 Å². The molecule has 172 valence electrons. The summed E-state index contributed by atoms with van der Waals surface area (Å²) in [6, 6.07) is 31.0. The highest BCUT2D eigenvalue weighted by Crippen LogP contribution is 2.29. The monoisotopic (exact) mass is 474 g/mol. The van der Waals surface area contributed by atoms with E-state index in [1.165, 1.54) is 12.1 Å². The molecule has 0 saturated heterocycles. The highest BCUT2D eigenvalue weighted by atomic mass is 35.5. The van der Waals surface area contributed by atoms with Crippen molar-refractivity contribution in [2.75, 3.05) is 0 Å². The van der Waals surface area contributed by atoms with Crippen molar-refractivity contribution in [3.05, 3.63) is 130 Å². The number of halogens is 1. The van der Waals surface area contributed by atoms with Crippen molar-refractivity contribution >= 4 is 17.6 Å². The summed E-state index contributed by atoms with van der Waals surface area (Å²) in [4.78, 5) is 11.4. The molecule has 0 aliphatic heterocycles. The Bertz CT molecular complexity index is 1240. The van der Waals surface area contributed by atoms with Crippen molar-refractivity contribution < 1.29 is 24.1 Å². The van der Waals surface area contributed by atoms with Gasteiger partial charge in [-0.3, -0.25) is 0 Å². The van der Waals surface area contributed by atoms with Gasteiger partial charge in [0.15, 0.2) is 0 Å². The zero-order chi connectivity index (χ0) is 23.8. The van der Waals surface area contributed by atoms with E-state index < -0.39 is 12.3 Å². The van der Waals surface area contributed by atoms with Crippen LogP contribution in [0.4, 0.5) is 0 Å². The van der Waals surface area contributed by atoms with Gasteiger partial charge in [0.05, 0.1) is 12.2 Å². The topological polar surface area (TPSA) is 65.0 Å². The Balaban J connectivity index is 1.56. The molecule has 0 amide bonds. The SMILES string of the molecule is O=C(O)c1cccc(OC(OCc2ccccc2Cl)c2cccc(OCc3ccccc3)c2)c1. The molecular weight excluding hydrogens is 452 g/mol. The smallest absolute Gasteiger partial charge is 0.335 e. The number of ether oxygens (including phenoxy) is 3. The molecule has 0 fully saturated rings. The van der Waals surface area contributed by atoms with Crippen LogP contribution in [0.1, 0.15) is 33.3 Å². The first-order valence-corrected chi connectivity index (χ1v) is 11.1. The highest BCUT2D eigenvalue weighted by molar-refractivity contribution is 6.31. The van der Waals surface area contributed by atoms with E-state index in [2.05, 4.69) is 0 Å². The number of carboxylic acid groups (broad SMARTS) is 1. The molecule has 0 spiro atoms. The van der Waals surface area contributed by atoms with Crippen LogP contribution in [0.5, 0.6) is 11.5 Å². The minimum atomic E-state index is -1.03. The van der Waals surface area contributed by atoms with Crippen LogP contribution in [0.3, 0.4) is 0 Å². The normalized spacial score (nSPS) is 11.6. The first-order valence-electron chi connectivity index (χ1n) is 10.7. The van der Waals surface area contributed by atoms with E-state index in [0.717, 1.165) is 16.7 Å². The molecule has 34 heavy (non-hydrogen) atoms. The lowest BCUT2D eigenvalue weighted by Gasteiger charge is -2.21. The quantitative estimate of drug-likeness (QED) is 0.253. The van der Waals surface area contributed by atoms with Gasteiger partial charge in [-0.05, 0) is 47.5 Å². The Hall–Kier alpha value is -3.80. The third-order valence-electron chi connectivity index (χ3n) is 5.05. The van der Waals surface area contributed by atoms with Gasteiger partial charge in [0.2, 0.25) is 6.29 Å². The van der Waals surface area contributed by atoms with Crippen LogP contribution < -0.4 is 9.47 Å². The van der Waals surface area contributed by atoms with E-state index in [-0.39, 0.29) is 12.2 Å². The molecule has 1 unspecified atom stereocenters. The van der Waals surface area contributed by atoms with Crippen molar-refractivity contribution in [2.45, 2.75) is 19.5 Å². The minimum Gasteiger partial charge on any atom is -0.489 e. The van der Waals surface area contributed by atoms with Crippen LogP contribution in [-0.2, 0) is 18.0 Å². The van der Waals surface area contributed by atoms with E-state index >= 15 is 0 Å². The average molecular weight is 475 g/mol. The fourth-order valence-corrected chi connectivity index (χ4v) is 3.49. The lowest BCUT2D eigenvalue weighted by Crippen LogP contribution is -2.13. The Labute approximate surface area is 203 Å². The molecule has 5 nitrogen and oxygen atoms in total. The first kappa shape index (κ1) is 23.4. The number of hydrogen-bond acceptors (Lipinski definition) is 4. The Morgan fingerprint density at radius 2 is 1.53 bits per heavy atom. The Morgan fingerprint density at radius 1 is 0.794 bits per heavy atom. The molecule has 1 atom stereocenters. The maximum absolute atomic E-state index is 11.4. The van der Waals surface area contributed by atoms with Gasteiger partial charge >= 0.3 is 5.97 Å². The molecule has 0 radical (unpaired) electrons. The third-order valence-corrected chi connectivity index (χ3v) is 5.42. The molecule has 4 aromatic carbocycles. The van der Waals surface area contributed by atoms with Gasteiger partial charge in [-0.2, -0.15) is 0 Å². The number of carboxylic acids is 1. The van der Waals surface area contributed by atoms with Crippen molar-refractivity contribution in [1.29, 1.82) is 0 Å². The number of aromatic carboxylic acids is 1. The van der Waals surface area contributed by atoms with Crippen molar-refractivity contribution in [3.8, 4) is 11.5 Å². The lowest BCUT2D eigenvalue weighted by atomic mass is 10.2. The van der Waals surface area contributed by atoms with E-state index in [9.17, 15) is 9.90 Å². The minimum absolute atomic E-state index is 0.127. The van der Waals surface area contributed by atoms with Crippen LogP contribution in [-0.4, -0.2) is 11.1 Å². The van der Waals surface area contributed by atoms with E-state index in [1.807, 2.05) is 72.8 Å². The second-order valence-electron chi connectivity index (χ2n) is 7.53. The molecular formula is C28H23ClO5. The molecule has 0 aromatic heterocycles. The van der Waals surface area contributed by atoms with E-state index in [4.69, 9.17) is 25.8 Å². The standard InChI is InChI=1S/C28H23ClO5/c29-26-15-5-4-10-23(26)19-33-28(34-25-14-6-11-21(16-25)27(30)31)22-12-7-13-24(17-22)32-18-20-8-2-1-3-9-20/h1-17,28H,18-19H2,(H,30,31).